The summed E-state index contributed by atoms with van der Waals surface area (Å²) in [6, 6.07) is 0. The standard InChI is InChI=1S/C12H17BrN2O2/c1-2-11-14-7-10(13)12(15-11)17-8-9-5-3-4-6-16-9/h7,9H,2-6,8H2,1H3. The molecule has 0 aliphatic carbocycles. The molecule has 1 aromatic rings. The maximum absolute atomic E-state index is 5.70. The molecule has 94 valence electrons. The van der Waals surface area contributed by atoms with Crippen LogP contribution in [0.5, 0.6) is 5.88 Å². The first-order valence-electron chi connectivity index (χ1n) is 6.05. The Morgan fingerprint density at radius 3 is 3.12 bits per heavy atom. The summed E-state index contributed by atoms with van der Waals surface area (Å²) in [7, 11) is 0. The van der Waals surface area contributed by atoms with E-state index in [1.807, 2.05) is 6.92 Å². The van der Waals surface area contributed by atoms with Gasteiger partial charge in [0.25, 0.3) is 0 Å². The van der Waals surface area contributed by atoms with E-state index in [1.54, 1.807) is 6.20 Å². The second kappa shape index (κ2) is 6.31. The fourth-order valence-electron chi connectivity index (χ4n) is 1.77. The first-order valence-corrected chi connectivity index (χ1v) is 6.84. The molecule has 1 saturated heterocycles. The minimum atomic E-state index is 0.204. The second-order valence-electron chi connectivity index (χ2n) is 4.09. The molecule has 0 aromatic carbocycles. The van der Waals surface area contributed by atoms with Crippen LogP contribution in [0.3, 0.4) is 0 Å². The number of aromatic nitrogens is 2. The van der Waals surface area contributed by atoms with Crippen LogP contribution in [-0.4, -0.2) is 29.3 Å². The van der Waals surface area contributed by atoms with Gasteiger partial charge in [-0.3, -0.25) is 0 Å². The van der Waals surface area contributed by atoms with Gasteiger partial charge in [0.2, 0.25) is 5.88 Å². The number of hydrogen-bond acceptors (Lipinski definition) is 4. The Kier molecular flexibility index (Phi) is 4.74. The van der Waals surface area contributed by atoms with Crippen molar-refractivity contribution < 1.29 is 9.47 Å². The van der Waals surface area contributed by atoms with Gasteiger partial charge in [-0.05, 0) is 35.2 Å². The summed E-state index contributed by atoms with van der Waals surface area (Å²) in [5.41, 5.74) is 0. The van der Waals surface area contributed by atoms with Crippen LogP contribution in [0.2, 0.25) is 0 Å². The van der Waals surface area contributed by atoms with E-state index in [9.17, 15) is 0 Å². The summed E-state index contributed by atoms with van der Waals surface area (Å²) in [5.74, 6) is 1.42. The van der Waals surface area contributed by atoms with E-state index in [-0.39, 0.29) is 6.10 Å². The molecule has 0 amide bonds. The first-order chi connectivity index (χ1) is 8.29. The highest BCUT2D eigenvalue weighted by Crippen LogP contribution is 2.22. The normalized spacial score (nSPS) is 20.2. The molecule has 1 fully saturated rings. The molecule has 1 aromatic heterocycles. The molecule has 0 radical (unpaired) electrons. The van der Waals surface area contributed by atoms with Gasteiger partial charge < -0.3 is 9.47 Å². The minimum absolute atomic E-state index is 0.204. The molecule has 1 aliphatic heterocycles. The van der Waals surface area contributed by atoms with Crippen LogP contribution in [0.1, 0.15) is 32.0 Å². The molecular formula is C12H17BrN2O2. The highest BCUT2D eigenvalue weighted by atomic mass is 79.9. The molecule has 1 aliphatic rings. The minimum Gasteiger partial charge on any atom is -0.474 e. The SMILES string of the molecule is CCc1ncc(Br)c(OCC2CCCCO2)n1. The summed E-state index contributed by atoms with van der Waals surface area (Å²) >= 11 is 3.39. The average Bonchev–Trinajstić information content (AvgIpc) is 2.39. The van der Waals surface area contributed by atoms with Crippen LogP contribution in [-0.2, 0) is 11.2 Å². The third kappa shape index (κ3) is 3.64. The van der Waals surface area contributed by atoms with Crippen LogP contribution in [0.15, 0.2) is 10.7 Å². The van der Waals surface area contributed by atoms with E-state index in [1.165, 1.54) is 6.42 Å². The molecule has 17 heavy (non-hydrogen) atoms. The molecule has 0 N–H and O–H groups in total. The molecule has 2 heterocycles. The van der Waals surface area contributed by atoms with Crippen molar-refractivity contribution in [3.63, 3.8) is 0 Å². The van der Waals surface area contributed by atoms with Gasteiger partial charge in [0, 0.05) is 19.2 Å². The molecule has 5 heteroatoms. The smallest absolute Gasteiger partial charge is 0.231 e. The first kappa shape index (κ1) is 12.8. The molecule has 0 bridgehead atoms. The Morgan fingerprint density at radius 1 is 1.53 bits per heavy atom. The van der Waals surface area contributed by atoms with E-state index >= 15 is 0 Å². The monoisotopic (exact) mass is 300 g/mol. The number of rotatable bonds is 4. The van der Waals surface area contributed by atoms with Crippen molar-refractivity contribution in [2.45, 2.75) is 38.7 Å². The third-order valence-corrected chi connectivity index (χ3v) is 3.30. The van der Waals surface area contributed by atoms with Crippen molar-refractivity contribution in [2.75, 3.05) is 13.2 Å². The van der Waals surface area contributed by atoms with Gasteiger partial charge in [-0.1, -0.05) is 6.92 Å². The number of hydrogen-bond donors (Lipinski definition) is 0. The molecule has 4 nitrogen and oxygen atoms in total. The zero-order valence-corrected chi connectivity index (χ0v) is 11.6. The number of halogens is 1. The number of nitrogens with zero attached hydrogens (tertiary/aromatic N) is 2. The Balaban J connectivity index is 1.92. The molecule has 0 saturated carbocycles. The molecule has 1 unspecified atom stereocenters. The topological polar surface area (TPSA) is 44.2 Å². The maximum atomic E-state index is 5.70. The maximum Gasteiger partial charge on any atom is 0.231 e. The Bertz CT molecular complexity index is 368. The number of ether oxygens (including phenoxy) is 2. The zero-order valence-electron chi connectivity index (χ0n) is 9.99. The van der Waals surface area contributed by atoms with Crippen molar-refractivity contribution >= 4 is 15.9 Å². The van der Waals surface area contributed by atoms with Crippen LogP contribution in [0.4, 0.5) is 0 Å². The van der Waals surface area contributed by atoms with Crippen LogP contribution < -0.4 is 4.74 Å². The highest BCUT2D eigenvalue weighted by molar-refractivity contribution is 9.10. The summed E-state index contributed by atoms with van der Waals surface area (Å²) in [6.45, 7) is 3.44. The summed E-state index contributed by atoms with van der Waals surface area (Å²) in [4.78, 5) is 8.52. The summed E-state index contributed by atoms with van der Waals surface area (Å²) < 4.78 is 12.1. The largest absolute Gasteiger partial charge is 0.474 e. The van der Waals surface area contributed by atoms with Gasteiger partial charge in [0.15, 0.2) is 0 Å². The van der Waals surface area contributed by atoms with Gasteiger partial charge >= 0.3 is 0 Å². The summed E-state index contributed by atoms with van der Waals surface area (Å²) in [5, 5.41) is 0. The van der Waals surface area contributed by atoms with E-state index in [0.29, 0.717) is 12.5 Å². The quantitative estimate of drug-likeness (QED) is 0.858. The lowest BCUT2D eigenvalue weighted by Gasteiger charge is -2.22. The molecule has 2 rings (SSSR count). The third-order valence-electron chi connectivity index (χ3n) is 2.76. The molecule has 0 spiro atoms. The van der Waals surface area contributed by atoms with Crippen molar-refractivity contribution in [1.82, 2.24) is 9.97 Å². The van der Waals surface area contributed by atoms with Gasteiger partial charge in [-0.2, -0.15) is 4.98 Å². The predicted octanol–water partition coefficient (Wildman–Crippen LogP) is 2.75. The van der Waals surface area contributed by atoms with Crippen molar-refractivity contribution in [1.29, 1.82) is 0 Å². The average molecular weight is 301 g/mol. The lowest BCUT2D eigenvalue weighted by Crippen LogP contribution is -2.26. The fraction of sp³-hybridized carbons (Fsp3) is 0.667. The predicted molar refractivity (Wildman–Crippen MR) is 68.2 cm³/mol. The number of aryl methyl sites for hydroxylation is 1. The molecule has 1 atom stereocenters. The van der Waals surface area contributed by atoms with Gasteiger partial charge in [-0.25, -0.2) is 4.98 Å². The van der Waals surface area contributed by atoms with E-state index in [4.69, 9.17) is 9.47 Å². The second-order valence-corrected chi connectivity index (χ2v) is 4.95. The van der Waals surface area contributed by atoms with Gasteiger partial charge in [0.1, 0.15) is 12.4 Å². The van der Waals surface area contributed by atoms with Crippen LogP contribution in [0.25, 0.3) is 0 Å². The Morgan fingerprint density at radius 2 is 2.41 bits per heavy atom. The van der Waals surface area contributed by atoms with Gasteiger partial charge in [-0.15, -0.1) is 0 Å². The van der Waals surface area contributed by atoms with E-state index in [0.717, 1.165) is 36.2 Å². The fourth-order valence-corrected chi connectivity index (χ4v) is 2.07. The van der Waals surface area contributed by atoms with Crippen molar-refractivity contribution in [3.8, 4) is 5.88 Å². The van der Waals surface area contributed by atoms with Crippen LogP contribution >= 0.6 is 15.9 Å². The lowest BCUT2D eigenvalue weighted by atomic mass is 10.1. The van der Waals surface area contributed by atoms with E-state index < -0.39 is 0 Å². The van der Waals surface area contributed by atoms with Crippen molar-refractivity contribution in [2.24, 2.45) is 0 Å². The highest BCUT2D eigenvalue weighted by Gasteiger charge is 2.15. The summed E-state index contributed by atoms with van der Waals surface area (Å²) in [6.07, 6.45) is 6.21. The van der Waals surface area contributed by atoms with Crippen LogP contribution in [0, 0.1) is 0 Å². The molecular weight excluding hydrogens is 284 g/mol. The Labute approximate surface area is 110 Å². The Hall–Kier alpha value is -0.680. The zero-order chi connectivity index (χ0) is 12.1. The van der Waals surface area contributed by atoms with E-state index in [2.05, 4.69) is 25.9 Å². The lowest BCUT2D eigenvalue weighted by molar-refractivity contribution is -0.0121. The van der Waals surface area contributed by atoms with Gasteiger partial charge in [0.05, 0.1) is 10.6 Å². The van der Waals surface area contributed by atoms with Crippen molar-refractivity contribution in [3.05, 3.63) is 16.5 Å².